The highest BCUT2D eigenvalue weighted by atomic mass is 14.4. The summed E-state index contributed by atoms with van der Waals surface area (Å²) in [7, 11) is 0. The maximum atomic E-state index is 2.54. The van der Waals surface area contributed by atoms with Gasteiger partial charge < -0.3 is 0 Å². The molecule has 0 saturated carbocycles. The molecule has 0 aliphatic carbocycles. The maximum Gasteiger partial charge on any atom is -0.0386 e. The molecule has 0 rings (SSSR count). The number of hydrogen-bond donors (Lipinski definition) is 0. The lowest BCUT2D eigenvalue weighted by molar-refractivity contribution is 0.0683. The molecule has 40 heavy (non-hydrogen) atoms. The number of hydrogen-bond acceptors (Lipinski definition) is 0. The van der Waals surface area contributed by atoms with Crippen molar-refractivity contribution in [1.29, 1.82) is 0 Å². The molecule has 0 nitrogen and oxygen atoms in total. The summed E-state index contributed by atoms with van der Waals surface area (Å²) >= 11 is 0. The molecule has 0 bridgehead atoms. The van der Waals surface area contributed by atoms with E-state index in [2.05, 4.69) is 159 Å². The van der Waals surface area contributed by atoms with E-state index in [1.54, 1.807) is 0 Å². The molecule has 12 unspecified atom stereocenters. The van der Waals surface area contributed by atoms with Gasteiger partial charge in [0.15, 0.2) is 0 Å². The van der Waals surface area contributed by atoms with Crippen molar-refractivity contribution in [3.8, 4) is 0 Å². The minimum absolute atomic E-state index is 0.783. The van der Waals surface area contributed by atoms with Crippen LogP contribution in [-0.2, 0) is 0 Å². The van der Waals surface area contributed by atoms with Crippen molar-refractivity contribution in [3.63, 3.8) is 0 Å². The highest BCUT2D eigenvalue weighted by molar-refractivity contribution is 4.84. The minimum Gasteiger partial charge on any atom is -0.0651 e. The third-order valence-corrected chi connectivity index (χ3v) is 10.5. The van der Waals surface area contributed by atoms with Gasteiger partial charge in [-0.15, -0.1) is 0 Å². The molecule has 0 spiro atoms. The Morgan fingerprint density at radius 1 is 0.225 bits per heavy atom. The molecule has 0 saturated heterocycles. The fourth-order valence-electron chi connectivity index (χ4n) is 5.61. The van der Waals surface area contributed by atoms with Crippen LogP contribution in [0.1, 0.15) is 172 Å². The van der Waals surface area contributed by atoms with Gasteiger partial charge in [0, 0.05) is 0 Å². The van der Waals surface area contributed by atoms with E-state index in [0.717, 1.165) is 88.8 Å². The van der Waals surface area contributed by atoms with Gasteiger partial charge in [-0.3, -0.25) is 0 Å². The van der Waals surface area contributed by atoms with Gasteiger partial charge in [0.25, 0.3) is 0 Å². The SMILES string of the molecule is CC(C)C.CC(C)C.CC(C)C.CCC(C)C(C)C(C)C(C)C(C)C(C)C(C)C(C)C(C)C(C)C(C)C(C)CC. The zero-order valence-electron chi connectivity index (χ0n) is 33.1. The van der Waals surface area contributed by atoms with E-state index >= 15 is 0 Å². The molecule has 0 fully saturated rings. The molecule has 0 amide bonds. The van der Waals surface area contributed by atoms with E-state index < -0.39 is 0 Å². The van der Waals surface area contributed by atoms with Crippen molar-refractivity contribution in [2.45, 2.75) is 172 Å². The van der Waals surface area contributed by atoms with Crippen LogP contribution in [0.15, 0.2) is 0 Å². The zero-order chi connectivity index (χ0) is 33.1. The zero-order valence-corrected chi connectivity index (χ0v) is 33.1. The Morgan fingerprint density at radius 2 is 0.325 bits per heavy atom. The Morgan fingerprint density at radius 3 is 0.425 bits per heavy atom. The van der Waals surface area contributed by atoms with E-state index in [9.17, 15) is 0 Å². The average molecular weight is 569 g/mol. The van der Waals surface area contributed by atoms with Crippen molar-refractivity contribution in [2.75, 3.05) is 0 Å². The van der Waals surface area contributed by atoms with Crippen LogP contribution in [-0.4, -0.2) is 0 Å². The van der Waals surface area contributed by atoms with Crippen molar-refractivity contribution in [3.05, 3.63) is 0 Å². The lowest BCUT2D eigenvalue weighted by Gasteiger charge is -2.42. The second-order valence-corrected chi connectivity index (χ2v) is 16.6. The van der Waals surface area contributed by atoms with Gasteiger partial charge in [0.05, 0.1) is 0 Å². The predicted octanol–water partition coefficient (Wildman–Crippen LogP) is 14.4. The van der Waals surface area contributed by atoms with Crippen LogP contribution in [0.5, 0.6) is 0 Å². The van der Waals surface area contributed by atoms with E-state index in [4.69, 9.17) is 0 Å². The Hall–Kier alpha value is 0. The van der Waals surface area contributed by atoms with Gasteiger partial charge in [0.1, 0.15) is 0 Å². The van der Waals surface area contributed by atoms with Gasteiger partial charge in [0.2, 0.25) is 0 Å². The molecule has 0 radical (unpaired) electrons. The molecule has 0 N–H and O–H groups in total. The molecular formula is C40H88. The van der Waals surface area contributed by atoms with Gasteiger partial charge in [-0.25, -0.2) is 0 Å². The fraction of sp³-hybridized carbons (Fsp3) is 1.00. The summed E-state index contributed by atoms with van der Waals surface area (Å²) in [5.74, 6) is 12.1. The van der Waals surface area contributed by atoms with Crippen molar-refractivity contribution >= 4 is 0 Å². The molecule has 0 heteroatoms. The first-order chi connectivity index (χ1) is 18.0. The maximum absolute atomic E-state index is 2.54. The second-order valence-electron chi connectivity index (χ2n) is 16.6. The van der Waals surface area contributed by atoms with Crippen molar-refractivity contribution < 1.29 is 0 Å². The quantitative estimate of drug-likeness (QED) is 0.207. The monoisotopic (exact) mass is 569 g/mol. The van der Waals surface area contributed by atoms with Crippen LogP contribution in [0.3, 0.4) is 0 Å². The first-order valence-corrected chi connectivity index (χ1v) is 18.0. The molecule has 0 aromatic heterocycles. The van der Waals surface area contributed by atoms with E-state index in [0.29, 0.717) is 0 Å². The third kappa shape index (κ3) is 22.6. The first-order valence-electron chi connectivity index (χ1n) is 18.0. The number of rotatable bonds is 13. The Labute approximate surface area is 260 Å². The van der Waals surface area contributed by atoms with Crippen LogP contribution in [0.4, 0.5) is 0 Å². The van der Waals surface area contributed by atoms with Crippen molar-refractivity contribution in [2.24, 2.45) is 88.8 Å². The lowest BCUT2D eigenvalue weighted by Crippen LogP contribution is -2.35. The summed E-state index contributed by atoms with van der Waals surface area (Å²) in [6.45, 7) is 54.3. The van der Waals surface area contributed by atoms with Gasteiger partial charge in [-0.1, -0.05) is 172 Å². The first kappa shape index (κ1) is 46.9. The lowest BCUT2D eigenvalue weighted by atomic mass is 9.64. The standard InChI is InChI=1S/C28H58.3C4H10/c1-15-17(3)19(5)21(7)23(9)25(11)27(13)28(14)26(12)24(10)22(8)20(6)18(4)16-2;3*1-4(2)3/h17-28H,15-16H2,1-14H3;3*4H,1-3H3. The topological polar surface area (TPSA) is 0 Å². The van der Waals surface area contributed by atoms with Gasteiger partial charge >= 0.3 is 0 Å². The highest BCUT2D eigenvalue weighted by Gasteiger charge is 2.35. The molecule has 0 aromatic rings. The summed E-state index contributed by atoms with van der Waals surface area (Å²) < 4.78 is 0. The fourth-order valence-corrected chi connectivity index (χ4v) is 5.61. The van der Waals surface area contributed by atoms with E-state index in [1.165, 1.54) is 12.8 Å². The summed E-state index contributed by atoms with van der Waals surface area (Å²) in [5.41, 5.74) is 0. The molecule has 0 aliphatic heterocycles. The van der Waals surface area contributed by atoms with E-state index in [1.807, 2.05) is 0 Å². The van der Waals surface area contributed by atoms with Crippen LogP contribution in [0, 0.1) is 88.8 Å². The minimum atomic E-state index is 0.783. The summed E-state index contributed by atoms with van der Waals surface area (Å²) in [4.78, 5) is 0. The van der Waals surface area contributed by atoms with Gasteiger partial charge in [-0.05, 0) is 88.8 Å². The Balaban J connectivity index is -0.000000450. The summed E-state index contributed by atoms with van der Waals surface area (Å²) in [5, 5.41) is 0. The molecular weight excluding hydrogens is 480 g/mol. The van der Waals surface area contributed by atoms with Crippen LogP contribution >= 0.6 is 0 Å². The Bertz CT molecular complexity index is 456. The molecule has 0 aromatic carbocycles. The normalized spacial score (nSPS) is 20.6. The van der Waals surface area contributed by atoms with Crippen LogP contribution in [0.25, 0.3) is 0 Å². The average Bonchev–Trinajstić information content (AvgIpc) is 2.86. The third-order valence-electron chi connectivity index (χ3n) is 10.5. The summed E-state index contributed by atoms with van der Waals surface area (Å²) in [6, 6.07) is 0. The van der Waals surface area contributed by atoms with Crippen LogP contribution < -0.4 is 0 Å². The van der Waals surface area contributed by atoms with E-state index in [-0.39, 0.29) is 0 Å². The molecule has 0 aliphatic rings. The van der Waals surface area contributed by atoms with Crippen molar-refractivity contribution in [1.82, 2.24) is 0 Å². The van der Waals surface area contributed by atoms with Gasteiger partial charge in [-0.2, -0.15) is 0 Å². The largest absolute Gasteiger partial charge is 0.0651 e. The molecule has 0 heterocycles. The summed E-state index contributed by atoms with van der Waals surface area (Å²) in [6.07, 6.45) is 2.61. The predicted molar refractivity (Wildman–Crippen MR) is 192 cm³/mol. The van der Waals surface area contributed by atoms with Crippen LogP contribution in [0.2, 0.25) is 0 Å². The molecule has 248 valence electrons. The smallest absolute Gasteiger partial charge is 0.0386 e. The second kappa shape index (κ2) is 25.5. The Kier molecular flexibility index (Phi) is 29.9. The molecule has 12 atom stereocenters. The highest BCUT2D eigenvalue weighted by Crippen LogP contribution is 2.42.